The lowest BCUT2D eigenvalue weighted by Gasteiger charge is -2.73. The highest BCUT2D eigenvalue weighted by atomic mass is 35.5. The van der Waals surface area contributed by atoms with Crippen molar-refractivity contribution in [1.29, 1.82) is 0 Å². The molecule has 0 N–H and O–H groups in total. The van der Waals surface area contributed by atoms with Crippen LogP contribution in [-0.2, 0) is 14.2 Å². The lowest BCUT2D eigenvalue weighted by molar-refractivity contribution is -0.248. The molecule has 0 amide bonds. The van der Waals surface area contributed by atoms with Gasteiger partial charge in [0.25, 0.3) is 0 Å². The second-order valence-electron chi connectivity index (χ2n) is 15.5. The van der Waals surface area contributed by atoms with E-state index in [0.29, 0.717) is 36.2 Å². The first-order valence-corrected chi connectivity index (χ1v) is 15.8. The number of carbonyl (C=O) groups is 2. The molecule has 5 saturated carbocycles. The molecule has 39 heavy (non-hydrogen) atoms. The Balaban J connectivity index is 1.48. The Hall–Kier alpha value is -1.23. The molecule has 0 saturated heterocycles. The summed E-state index contributed by atoms with van der Waals surface area (Å²) in [6.07, 6.45) is 10.7. The lowest BCUT2D eigenvalue weighted by atomic mass is 9.32. The van der Waals surface area contributed by atoms with Crippen molar-refractivity contribution in [2.45, 2.75) is 112 Å². The van der Waals surface area contributed by atoms with Crippen molar-refractivity contribution in [3.05, 3.63) is 12.2 Å². The number of fused-ring (bicyclic) bond motifs is 7. The van der Waals surface area contributed by atoms with Crippen LogP contribution in [0.3, 0.4) is 0 Å². The summed E-state index contributed by atoms with van der Waals surface area (Å²) >= 11 is 5.71. The van der Waals surface area contributed by atoms with Gasteiger partial charge in [-0.2, -0.15) is 0 Å². The zero-order valence-electron chi connectivity index (χ0n) is 25.4. The molecule has 5 fully saturated rings. The highest BCUT2D eigenvalue weighted by Crippen LogP contribution is 2.77. The Morgan fingerprint density at radius 3 is 2.23 bits per heavy atom. The van der Waals surface area contributed by atoms with Crippen LogP contribution < -0.4 is 0 Å². The Kier molecular flexibility index (Phi) is 7.25. The molecule has 0 bridgehead atoms. The van der Waals surface area contributed by atoms with E-state index in [-0.39, 0.29) is 33.2 Å². The van der Waals surface area contributed by atoms with E-state index < -0.39 is 11.6 Å². The molecule has 0 unspecified atom stereocenters. The maximum Gasteiger partial charge on any atom is 0.507 e. The molecule has 6 heteroatoms. The number of rotatable bonds is 4. The summed E-state index contributed by atoms with van der Waals surface area (Å²) in [5.41, 5.74) is 1.23. The van der Waals surface area contributed by atoms with Crippen LogP contribution in [-0.4, -0.2) is 31.4 Å². The molecule has 5 rings (SSSR count). The van der Waals surface area contributed by atoms with Gasteiger partial charge in [-0.1, -0.05) is 46.8 Å². The number of hydrogen-bond donors (Lipinski definition) is 0. The molecule has 0 heterocycles. The summed E-state index contributed by atoms with van der Waals surface area (Å²) in [4.78, 5) is 23.8. The van der Waals surface area contributed by atoms with Crippen molar-refractivity contribution < 1.29 is 23.8 Å². The predicted octanol–water partition coefficient (Wildman–Crippen LogP) is 9.17. The smallest absolute Gasteiger partial charge is 0.450 e. The average Bonchev–Trinajstić information content (AvgIpc) is 3.25. The summed E-state index contributed by atoms with van der Waals surface area (Å²) in [5, 5.41) is 0. The fourth-order valence-electron chi connectivity index (χ4n) is 12.1. The Morgan fingerprint density at radius 2 is 1.59 bits per heavy atom. The maximum atomic E-state index is 12.0. The molecule has 10 atom stereocenters. The fourth-order valence-corrected chi connectivity index (χ4v) is 12.2. The molecule has 5 nitrogen and oxygen atoms in total. The largest absolute Gasteiger partial charge is 0.507 e. The molecule has 5 aliphatic rings. The normalized spacial score (nSPS) is 48.0. The van der Waals surface area contributed by atoms with Crippen molar-refractivity contribution in [1.82, 2.24) is 0 Å². The quantitative estimate of drug-likeness (QED) is 0.194. The van der Waals surface area contributed by atoms with Gasteiger partial charge in [0, 0.05) is 22.4 Å². The first-order valence-electron chi connectivity index (χ1n) is 15.4. The van der Waals surface area contributed by atoms with E-state index in [1.54, 1.807) is 0 Å². The summed E-state index contributed by atoms with van der Waals surface area (Å²) in [7, 11) is 1.40. The molecule has 220 valence electrons. The molecule has 0 aliphatic heterocycles. The predicted molar refractivity (Wildman–Crippen MR) is 153 cm³/mol. The van der Waals surface area contributed by atoms with Crippen LogP contribution in [0.5, 0.6) is 0 Å². The zero-order chi connectivity index (χ0) is 28.6. The number of hydrogen-bond acceptors (Lipinski definition) is 5. The van der Waals surface area contributed by atoms with Gasteiger partial charge in [-0.25, -0.2) is 9.59 Å². The van der Waals surface area contributed by atoms with Gasteiger partial charge >= 0.3 is 11.6 Å². The van der Waals surface area contributed by atoms with Crippen LogP contribution >= 0.6 is 11.6 Å². The van der Waals surface area contributed by atoms with Crippen molar-refractivity contribution >= 4 is 23.2 Å². The Morgan fingerprint density at radius 1 is 0.872 bits per heavy atom. The number of ether oxygens (including phenoxy) is 3. The number of methoxy groups -OCH3 is 1. The lowest BCUT2D eigenvalue weighted by Crippen LogP contribution is -2.67. The molecule has 0 aromatic heterocycles. The molecule has 0 aromatic rings. The van der Waals surface area contributed by atoms with Crippen LogP contribution in [0.4, 0.5) is 9.59 Å². The first-order chi connectivity index (χ1) is 18.2. The molecular weight excluding hydrogens is 512 g/mol. The minimum atomic E-state index is -0.671. The highest BCUT2D eigenvalue weighted by molar-refractivity contribution is 6.61. The third-order valence-electron chi connectivity index (χ3n) is 14.1. The van der Waals surface area contributed by atoms with Gasteiger partial charge in [0.15, 0.2) is 0 Å². The number of carbonyl (C=O) groups excluding carboxylic acids is 2. The Labute approximate surface area is 241 Å². The van der Waals surface area contributed by atoms with Crippen molar-refractivity contribution in [3.63, 3.8) is 0 Å². The van der Waals surface area contributed by atoms with Crippen LogP contribution in [0, 0.1) is 56.7 Å². The van der Waals surface area contributed by atoms with E-state index in [0.717, 1.165) is 32.1 Å². The third kappa shape index (κ3) is 4.13. The van der Waals surface area contributed by atoms with Crippen LogP contribution in [0.2, 0.25) is 0 Å². The van der Waals surface area contributed by atoms with Gasteiger partial charge in [-0.15, -0.1) is 0 Å². The van der Waals surface area contributed by atoms with E-state index in [1.165, 1.54) is 44.8 Å². The summed E-state index contributed by atoms with van der Waals surface area (Å²) < 4.78 is 16.3. The van der Waals surface area contributed by atoms with Gasteiger partial charge in [-0.05, 0) is 117 Å². The van der Waals surface area contributed by atoms with E-state index in [9.17, 15) is 9.59 Å². The van der Waals surface area contributed by atoms with E-state index in [2.05, 4.69) is 48.1 Å². The standard InChI is InChI=1S/C33H51ClO5/c1-20(2)21-11-16-33(19-38-28(36)37-8)18-17-31(6)22(26(21)33)9-10-24-30(5)14-13-25(39-27(34)35)29(3,4)23(30)12-15-32(24,31)7/h21-26H,1,9-19H2,2-8H3/t21-,22+,23-,24+,25-,26+,30-,31+,32+,33+/m0/s1. The van der Waals surface area contributed by atoms with Gasteiger partial charge in [0.05, 0.1) is 7.11 Å². The number of halogens is 1. The van der Waals surface area contributed by atoms with Gasteiger partial charge in [0.1, 0.15) is 12.7 Å². The van der Waals surface area contributed by atoms with Crippen LogP contribution in [0.25, 0.3) is 0 Å². The van der Waals surface area contributed by atoms with E-state index in [4.69, 9.17) is 25.8 Å². The van der Waals surface area contributed by atoms with Crippen LogP contribution in [0.15, 0.2) is 12.2 Å². The van der Waals surface area contributed by atoms with Crippen molar-refractivity contribution in [2.24, 2.45) is 56.7 Å². The first kappa shape index (κ1) is 29.3. The monoisotopic (exact) mass is 562 g/mol. The third-order valence-corrected chi connectivity index (χ3v) is 14.1. The summed E-state index contributed by atoms with van der Waals surface area (Å²) in [6.45, 7) is 19.6. The molecular formula is C33H51ClO5. The fraction of sp³-hybridized carbons (Fsp3) is 0.879. The van der Waals surface area contributed by atoms with Crippen LogP contribution in [0.1, 0.15) is 106 Å². The molecule has 0 radical (unpaired) electrons. The highest BCUT2D eigenvalue weighted by Gasteiger charge is 2.71. The van der Waals surface area contributed by atoms with Crippen molar-refractivity contribution in [3.8, 4) is 0 Å². The second-order valence-corrected chi connectivity index (χ2v) is 15.8. The molecule has 5 aliphatic carbocycles. The van der Waals surface area contributed by atoms with E-state index in [1.807, 2.05) is 0 Å². The van der Waals surface area contributed by atoms with E-state index >= 15 is 0 Å². The summed E-state index contributed by atoms with van der Waals surface area (Å²) in [6, 6.07) is 0. The topological polar surface area (TPSA) is 61.8 Å². The second kappa shape index (κ2) is 9.66. The van der Waals surface area contributed by atoms with Crippen molar-refractivity contribution in [2.75, 3.05) is 13.7 Å². The minimum absolute atomic E-state index is 0.0256. The SMILES string of the molecule is C=C(C)[C@@H]1CC[C@]2(COC(=O)OC)CC[C@]3(C)[C@H](CC[C@@H]4[C@@]5(C)CC[C@H](OC(=O)Cl)C(C)(C)[C@@H]5CC[C@]43C)[C@@H]12. The zero-order valence-corrected chi connectivity index (χ0v) is 26.1. The number of allylic oxidation sites excluding steroid dienone is 1. The molecule has 0 spiro atoms. The van der Waals surface area contributed by atoms with Gasteiger partial charge in [-0.3, -0.25) is 0 Å². The summed E-state index contributed by atoms with van der Waals surface area (Å²) in [5.74, 6) is 2.73. The Bertz CT molecular complexity index is 1020. The maximum absolute atomic E-state index is 12.0. The molecule has 0 aromatic carbocycles. The van der Waals surface area contributed by atoms with Gasteiger partial charge in [0.2, 0.25) is 0 Å². The van der Waals surface area contributed by atoms with Gasteiger partial charge < -0.3 is 14.2 Å². The average molecular weight is 563 g/mol. The minimum Gasteiger partial charge on any atom is -0.450 e.